The highest BCUT2D eigenvalue weighted by Gasteiger charge is 2.73. The first-order chi connectivity index (χ1) is 14.0. The first-order valence-electron chi connectivity index (χ1n) is 11.1. The molecule has 6 heteroatoms. The second-order valence-electron chi connectivity index (χ2n) is 10.2. The fourth-order valence-corrected chi connectivity index (χ4v) is 7.61. The van der Waals surface area contributed by atoms with Gasteiger partial charge in [-0.25, -0.2) is 4.79 Å². The minimum Gasteiger partial charge on any atom is -0.478 e. The first kappa shape index (κ1) is 21.3. The lowest BCUT2D eigenvalue weighted by atomic mass is 9.46. The standard InChI is InChI=1S/C24H32O6/c1-5-19(27)30-24(21(28)29)13(2)10-17-16-7-6-14-11-15(25)8-9-22(14,3)20(16)18(26)12-23(17,24)4/h8-9,11,13,16-18,20,26H,5-7,10,12H2,1-4H3,(H,28,29)/t13-,16+,17+,18+,20-,22+,23+,24+/m1/s1. The maximum atomic E-state index is 12.6. The molecular formula is C24H32O6. The largest absolute Gasteiger partial charge is 0.478 e. The van der Waals surface area contributed by atoms with E-state index in [1.54, 1.807) is 19.1 Å². The Morgan fingerprint density at radius 1 is 1.30 bits per heavy atom. The summed E-state index contributed by atoms with van der Waals surface area (Å²) in [6, 6.07) is 0. The number of aliphatic carboxylic acids is 1. The summed E-state index contributed by atoms with van der Waals surface area (Å²) in [6.07, 6.45) is 7.07. The molecule has 0 radical (unpaired) electrons. The van der Waals surface area contributed by atoms with Gasteiger partial charge in [0.05, 0.1) is 6.10 Å². The van der Waals surface area contributed by atoms with E-state index >= 15 is 0 Å². The van der Waals surface area contributed by atoms with Crippen LogP contribution in [0.15, 0.2) is 23.8 Å². The number of carboxylic acid groups (broad SMARTS) is 1. The van der Waals surface area contributed by atoms with Crippen molar-refractivity contribution in [2.75, 3.05) is 0 Å². The summed E-state index contributed by atoms with van der Waals surface area (Å²) in [5.41, 5.74) is -1.83. The van der Waals surface area contributed by atoms with Crippen molar-refractivity contribution in [1.29, 1.82) is 0 Å². The van der Waals surface area contributed by atoms with Crippen molar-refractivity contribution in [1.82, 2.24) is 0 Å². The van der Waals surface area contributed by atoms with Crippen molar-refractivity contribution in [3.8, 4) is 0 Å². The number of aliphatic hydroxyl groups excluding tert-OH is 1. The summed E-state index contributed by atoms with van der Waals surface area (Å²) in [5.74, 6) is -1.95. The monoisotopic (exact) mass is 416 g/mol. The maximum absolute atomic E-state index is 12.6. The van der Waals surface area contributed by atoms with Gasteiger partial charge in [0.15, 0.2) is 5.78 Å². The van der Waals surface area contributed by atoms with E-state index in [1.165, 1.54) is 0 Å². The fourth-order valence-electron chi connectivity index (χ4n) is 7.61. The zero-order valence-corrected chi connectivity index (χ0v) is 18.2. The number of carboxylic acids is 1. The lowest BCUT2D eigenvalue weighted by molar-refractivity contribution is -0.214. The molecule has 3 fully saturated rings. The van der Waals surface area contributed by atoms with Crippen molar-refractivity contribution < 1.29 is 29.3 Å². The van der Waals surface area contributed by atoms with Gasteiger partial charge in [0, 0.05) is 29.1 Å². The summed E-state index contributed by atoms with van der Waals surface area (Å²) in [4.78, 5) is 36.8. The van der Waals surface area contributed by atoms with Crippen LogP contribution in [0.4, 0.5) is 0 Å². The molecule has 0 bridgehead atoms. The predicted molar refractivity (Wildman–Crippen MR) is 109 cm³/mol. The molecule has 0 aliphatic heterocycles. The highest BCUT2D eigenvalue weighted by Crippen LogP contribution is 2.69. The van der Waals surface area contributed by atoms with E-state index in [0.717, 1.165) is 18.4 Å². The van der Waals surface area contributed by atoms with Gasteiger partial charge in [-0.15, -0.1) is 0 Å². The van der Waals surface area contributed by atoms with E-state index in [0.29, 0.717) is 6.42 Å². The van der Waals surface area contributed by atoms with E-state index in [1.807, 2.05) is 19.9 Å². The Morgan fingerprint density at radius 3 is 2.63 bits per heavy atom. The van der Waals surface area contributed by atoms with Crippen molar-refractivity contribution in [2.45, 2.75) is 71.5 Å². The normalized spacial score (nSPS) is 47.0. The summed E-state index contributed by atoms with van der Waals surface area (Å²) in [6.45, 7) is 7.50. The number of fused-ring (bicyclic) bond motifs is 5. The van der Waals surface area contributed by atoms with Crippen LogP contribution in [0.2, 0.25) is 0 Å². The number of allylic oxidation sites excluding steroid dienone is 4. The van der Waals surface area contributed by atoms with E-state index in [2.05, 4.69) is 6.92 Å². The smallest absolute Gasteiger partial charge is 0.349 e. The molecule has 164 valence electrons. The Hall–Kier alpha value is -1.95. The third kappa shape index (κ3) is 2.55. The number of carbonyl (C=O) groups excluding carboxylic acids is 2. The second-order valence-corrected chi connectivity index (χ2v) is 10.2. The highest BCUT2D eigenvalue weighted by atomic mass is 16.6. The molecule has 8 atom stereocenters. The fraction of sp³-hybridized carbons (Fsp3) is 0.708. The number of esters is 1. The predicted octanol–water partition coefficient (Wildman–Crippen LogP) is 3.29. The van der Waals surface area contributed by atoms with Gasteiger partial charge < -0.3 is 14.9 Å². The lowest BCUT2D eigenvalue weighted by Gasteiger charge is -2.59. The Labute approximate surface area is 177 Å². The average Bonchev–Trinajstić information content (AvgIpc) is 2.89. The number of ketones is 1. The van der Waals surface area contributed by atoms with Gasteiger partial charge in [0.25, 0.3) is 0 Å². The molecule has 2 N–H and O–H groups in total. The molecule has 3 saturated carbocycles. The molecular weight excluding hydrogens is 384 g/mol. The van der Waals surface area contributed by atoms with E-state index in [-0.39, 0.29) is 42.3 Å². The summed E-state index contributed by atoms with van der Waals surface area (Å²) < 4.78 is 5.75. The van der Waals surface area contributed by atoms with Crippen LogP contribution in [-0.2, 0) is 19.1 Å². The summed E-state index contributed by atoms with van der Waals surface area (Å²) in [7, 11) is 0. The molecule has 30 heavy (non-hydrogen) atoms. The molecule has 4 aliphatic rings. The number of rotatable bonds is 3. The molecule has 0 amide bonds. The van der Waals surface area contributed by atoms with Crippen LogP contribution in [0.3, 0.4) is 0 Å². The molecule has 0 spiro atoms. The van der Waals surface area contributed by atoms with E-state index in [9.17, 15) is 24.6 Å². The number of ether oxygens (including phenoxy) is 1. The summed E-state index contributed by atoms with van der Waals surface area (Å²) in [5, 5.41) is 21.7. The molecule has 4 rings (SSSR count). The van der Waals surface area contributed by atoms with Crippen LogP contribution in [0, 0.1) is 34.5 Å². The zero-order valence-electron chi connectivity index (χ0n) is 18.2. The van der Waals surface area contributed by atoms with Gasteiger partial charge >= 0.3 is 11.9 Å². The number of hydrogen-bond acceptors (Lipinski definition) is 5. The average molecular weight is 417 g/mol. The van der Waals surface area contributed by atoms with Crippen LogP contribution in [0.1, 0.15) is 59.8 Å². The van der Waals surface area contributed by atoms with Crippen LogP contribution in [0.25, 0.3) is 0 Å². The first-order valence-corrected chi connectivity index (χ1v) is 11.1. The molecule has 0 saturated heterocycles. The van der Waals surface area contributed by atoms with Gasteiger partial charge in [0.1, 0.15) is 0 Å². The Kier molecular flexibility index (Phi) is 4.81. The van der Waals surface area contributed by atoms with E-state index < -0.39 is 34.5 Å². The van der Waals surface area contributed by atoms with Crippen molar-refractivity contribution in [2.24, 2.45) is 34.5 Å². The second kappa shape index (κ2) is 6.78. The highest BCUT2D eigenvalue weighted by molar-refractivity contribution is 6.01. The van der Waals surface area contributed by atoms with Gasteiger partial charge in [0.2, 0.25) is 5.60 Å². The molecule has 0 unspecified atom stereocenters. The van der Waals surface area contributed by atoms with Gasteiger partial charge in [-0.05, 0) is 49.7 Å². The van der Waals surface area contributed by atoms with E-state index in [4.69, 9.17) is 4.74 Å². The quantitative estimate of drug-likeness (QED) is 0.685. The van der Waals surface area contributed by atoms with Gasteiger partial charge in [-0.2, -0.15) is 0 Å². The number of aliphatic hydroxyl groups is 1. The van der Waals surface area contributed by atoms with Gasteiger partial charge in [-0.1, -0.05) is 39.3 Å². The Morgan fingerprint density at radius 2 is 2.00 bits per heavy atom. The summed E-state index contributed by atoms with van der Waals surface area (Å²) >= 11 is 0. The zero-order chi connectivity index (χ0) is 22.1. The molecule has 0 heterocycles. The molecule has 4 aliphatic carbocycles. The third-order valence-electron chi connectivity index (χ3n) is 8.92. The third-order valence-corrected chi connectivity index (χ3v) is 8.92. The van der Waals surface area contributed by atoms with Crippen LogP contribution < -0.4 is 0 Å². The number of carbonyl (C=O) groups is 3. The van der Waals surface area contributed by atoms with Crippen molar-refractivity contribution in [3.63, 3.8) is 0 Å². The van der Waals surface area contributed by atoms with Crippen molar-refractivity contribution in [3.05, 3.63) is 23.8 Å². The lowest BCUT2D eigenvalue weighted by Crippen LogP contribution is -2.63. The Bertz CT molecular complexity index is 858. The minimum absolute atomic E-state index is 0.0121. The van der Waals surface area contributed by atoms with Crippen LogP contribution >= 0.6 is 0 Å². The number of hydrogen-bond donors (Lipinski definition) is 2. The van der Waals surface area contributed by atoms with Crippen LogP contribution in [-0.4, -0.2) is 39.6 Å². The SMILES string of the molecule is CCC(=O)O[C@]1(C(=O)O)[C@H](C)C[C@H]2[C@@H]3CCC4=CC(=O)C=C[C@]4(C)[C@H]3[C@@H](O)C[C@@]21C. The molecule has 0 aromatic carbocycles. The molecule has 0 aromatic heterocycles. The van der Waals surface area contributed by atoms with Crippen LogP contribution in [0.5, 0.6) is 0 Å². The topological polar surface area (TPSA) is 101 Å². The Balaban J connectivity index is 1.79. The molecule has 6 nitrogen and oxygen atoms in total. The van der Waals surface area contributed by atoms with Gasteiger partial charge in [-0.3, -0.25) is 9.59 Å². The van der Waals surface area contributed by atoms with Crippen molar-refractivity contribution >= 4 is 17.7 Å². The maximum Gasteiger partial charge on any atom is 0.349 e. The minimum atomic E-state index is -1.63. The molecule has 0 aromatic rings.